The summed E-state index contributed by atoms with van der Waals surface area (Å²) in [6.07, 6.45) is -0.478. The summed E-state index contributed by atoms with van der Waals surface area (Å²) in [6, 6.07) is 13.5. The number of benzene rings is 2. The van der Waals surface area contributed by atoms with Crippen LogP contribution in [0.5, 0.6) is 11.5 Å². The van der Waals surface area contributed by atoms with Crippen molar-refractivity contribution in [2.75, 3.05) is 19.7 Å². The van der Waals surface area contributed by atoms with Crippen LogP contribution >= 0.6 is 0 Å². The van der Waals surface area contributed by atoms with Crippen LogP contribution in [-0.4, -0.2) is 40.9 Å². The third kappa shape index (κ3) is 5.27. The number of aromatic nitrogens is 2. The van der Waals surface area contributed by atoms with E-state index in [-0.39, 0.29) is 5.75 Å². The molecule has 0 radical (unpaired) electrons. The van der Waals surface area contributed by atoms with E-state index in [1.807, 2.05) is 18.2 Å². The van der Waals surface area contributed by atoms with Gasteiger partial charge in [-0.05, 0) is 41.5 Å². The Labute approximate surface area is 172 Å². The lowest BCUT2D eigenvalue weighted by molar-refractivity contribution is -0.274. The second-order valence-electron chi connectivity index (χ2n) is 6.93. The Balaban J connectivity index is 1.47. The topological polar surface area (TPSA) is 47.5 Å². The number of fused-ring (bicyclic) bond motifs is 1. The zero-order chi connectivity index (χ0) is 21.0. The van der Waals surface area contributed by atoms with E-state index in [0.29, 0.717) is 13.2 Å². The number of nitrogens with zero attached hydrogens (tertiary/aromatic N) is 3. The first-order valence-electron chi connectivity index (χ1n) is 9.56. The summed E-state index contributed by atoms with van der Waals surface area (Å²) >= 11 is 0. The molecule has 5 nitrogen and oxygen atoms in total. The van der Waals surface area contributed by atoms with Gasteiger partial charge in [-0.2, -0.15) is 0 Å². The Kier molecular flexibility index (Phi) is 5.85. The maximum Gasteiger partial charge on any atom is 0.573 e. The van der Waals surface area contributed by atoms with Crippen LogP contribution < -0.4 is 9.47 Å². The van der Waals surface area contributed by atoms with Crippen molar-refractivity contribution in [1.82, 2.24) is 14.9 Å². The molecule has 0 N–H and O–H groups in total. The summed E-state index contributed by atoms with van der Waals surface area (Å²) in [5, 5.41) is 0. The van der Waals surface area contributed by atoms with Gasteiger partial charge in [-0.25, -0.2) is 9.97 Å². The van der Waals surface area contributed by atoms with Crippen LogP contribution in [0.1, 0.15) is 11.4 Å². The Morgan fingerprint density at radius 3 is 2.47 bits per heavy atom. The summed E-state index contributed by atoms with van der Waals surface area (Å²) in [4.78, 5) is 10.8. The molecule has 0 spiro atoms. The lowest BCUT2D eigenvalue weighted by atomic mass is 10.0. The quantitative estimate of drug-likeness (QED) is 0.615. The van der Waals surface area contributed by atoms with E-state index in [0.717, 1.165) is 47.8 Å². The van der Waals surface area contributed by atoms with Gasteiger partial charge in [0.05, 0.1) is 0 Å². The van der Waals surface area contributed by atoms with E-state index < -0.39 is 6.36 Å². The molecule has 1 aromatic heterocycles. The summed E-state index contributed by atoms with van der Waals surface area (Å²) in [5.74, 6) is 1.39. The minimum absolute atomic E-state index is 0.237. The van der Waals surface area contributed by atoms with Crippen LogP contribution in [0.3, 0.4) is 0 Å². The van der Waals surface area contributed by atoms with E-state index in [1.54, 1.807) is 30.6 Å². The summed E-state index contributed by atoms with van der Waals surface area (Å²) < 4.78 is 46.9. The molecule has 0 amide bonds. The van der Waals surface area contributed by atoms with Crippen molar-refractivity contribution >= 4 is 0 Å². The molecule has 2 aromatic carbocycles. The third-order valence-corrected chi connectivity index (χ3v) is 4.81. The highest BCUT2D eigenvalue weighted by Crippen LogP contribution is 2.31. The largest absolute Gasteiger partial charge is 0.573 e. The molecule has 0 saturated carbocycles. The number of alkyl halides is 3. The molecule has 8 heteroatoms. The van der Waals surface area contributed by atoms with Crippen LogP contribution in [0.2, 0.25) is 0 Å². The lowest BCUT2D eigenvalue weighted by Crippen LogP contribution is -2.28. The Morgan fingerprint density at radius 2 is 1.73 bits per heavy atom. The molecule has 3 aromatic rings. The van der Waals surface area contributed by atoms with Crippen LogP contribution in [0.4, 0.5) is 13.2 Å². The maximum atomic E-state index is 12.4. The molecule has 0 saturated heterocycles. The molecule has 1 aliphatic heterocycles. The molecule has 1 aliphatic rings. The minimum atomic E-state index is -4.70. The summed E-state index contributed by atoms with van der Waals surface area (Å²) in [6.45, 7) is 2.90. The van der Waals surface area contributed by atoms with Crippen molar-refractivity contribution in [2.45, 2.75) is 19.3 Å². The van der Waals surface area contributed by atoms with E-state index in [2.05, 4.69) is 19.6 Å². The van der Waals surface area contributed by atoms with Gasteiger partial charge in [-0.15, -0.1) is 13.2 Å². The Morgan fingerprint density at radius 1 is 1.00 bits per heavy atom. The number of hydrogen-bond donors (Lipinski definition) is 0. The van der Waals surface area contributed by atoms with Gasteiger partial charge in [0.15, 0.2) is 0 Å². The van der Waals surface area contributed by atoms with Crippen molar-refractivity contribution < 1.29 is 22.6 Å². The van der Waals surface area contributed by atoms with Crippen LogP contribution in [0.15, 0.2) is 60.9 Å². The molecule has 0 aliphatic carbocycles. The molecule has 30 heavy (non-hydrogen) atoms. The van der Waals surface area contributed by atoms with Gasteiger partial charge in [-0.1, -0.05) is 18.2 Å². The smallest absolute Gasteiger partial charge is 0.492 e. The first kappa shape index (κ1) is 20.2. The van der Waals surface area contributed by atoms with Crippen molar-refractivity contribution in [1.29, 1.82) is 0 Å². The van der Waals surface area contributed by atoms with Crippen molar-refractivity contribution in [3.05, 3.63) is 72.3 Å². The fourth-order valence-corrected chi connectivity index (χ4v) is 3.39. The fraction of sp³-hybridized carbons (Fsp3) is 0.273. The molecule has 4 rings (SSSR count). The average Bonchev–Trinajstić information content (AvgIpc) is 2.94. The molecule has 0 bridgehead atoms. The lowest BCUT2D eigenvalue weighted by Gasteiger charge is -2.19. The van der Waals surface area contributed by atoms with E-state index >= 15 is 0 Å². The van der Waals surface area contributed by atoms with Crippen LogP contribution in [0, 0.1) is 0 Å². The zero-order valence-corrected chi connectivity index (χ0v) is 16.1. The Hall–Kier alpha value is -3.13. The SMILES string of the molecule is FC(F)(F)Oc1ccc(-c2ccc3c(c2)CN(CCc2ncccn2)CCO3)cc1. The highest BCUT2D eigenvalue weighted by Gasteiger charge is 2.31. The molecular formula is C22H20F3N3O2. The van der Waals surface area contributed by atoms with E-state index in [4.69, 9.17) is 4.74 Å². The second kappa shape index (κ2) is 8.71. The molecule has 0 unspecified atom stereocenters. The van der Waals surface area contributed by atoms with Crippen molar-refractivity contribution in [2.24, 2.45) is 0 Å². The number of rotatable bonds is 5. The number of halogens is 3. The first-order valence-corrected chi connectivity index (χ1v) is 9.56. The molecule has 156 valence electrons. The first-order chi connectivity index (χ1) is 14.5. The highest BCUT2D eigenvalue weighted by atomic mass is 19.4. The predicted molar refractivity (Wildman–Crippen MR) is 105 cm³/mol. The van der Waals surface area contributed by atoms with Gasteiger partial charge in [0.2, 0.25) is 0 Å². The number of ether oxygens (including phenoxy) is 2. The minimum Gasteiger partial charge on any atom is -0.492 e. The molecule has 0 fully saturated rings. The van der Waals surface area contributed by atoms with Crippen molar-refractivity contribution in [3.8, 4) is 22.6 Å². The van der Waals surface area contributed by atoms with Gasteiger partial charge in [0, 0.05) is 44.0 Å². The Bertz CT molecular complexity index is 979. The summed E-state index contributed by atoms with van der Waals surface area (Å²) in [5.41, 5.74) is 2.75. The van der Waals surface area contributed by atoms with Gasteiger partial charge >= 0.3 is 6.36 Å². The third-order valence-electron chi connectivity index (χ3n) is 4.81. The molecular weight excluding hydrogens is 395 g/mol. The standard InChI is InChI=1S/C22H20F3N3O2/c23-22(24,25)30-19-5-2-16(3-6-19)17-4-7-20-18(14-17)15-28(12-13-29-20)11-8-21-26-9-1-10-27-21/h1-7,9-10,14H,8,11-13,15H2. The normalized spacial score (nSPS) is 14.5. The molecule has 2 heterocycles. The molecule has 0 atom stereocenters. The number of hydrogen-bond acceptors (Lipinski definition) is 5. The van der Waals surface area contributed by atoms with Gasteiger partial charge in [-0.3, -0.25) is 4.90 Å². The predicted octanol–water partition coefficient (Wildman–Crippen LogP) is 4.48. The maximum absolute atomic E-state index is 12.4. The average molecular weight is 415 g/mol. The van der Waals surface area contributed by atoms with Gasteiger partial charge < -0.3 is 9.47 Å². The van der Waals surface area contributed by atoms with E-state index in [1.165, 1.54) is 12.1 Å². The monoisotopic (exact) mass is 415 g/mol. The summed E-state index contributed by atoms with van der Waals surface area (Å²) in [7, 11) is 0. The highest BCUT2D eigenvalue weighted by molar-refractivity contribution is 5.66. The second-order valence-corrected chi connectivity index (χ2v) is 6.93. The fourth-order valence-electron chi connectivity index (χ4n) is 3.39. The van der Waals surface area contributed by atoms with Crippen molar-refractivity contribution in [3.63, 3.8) is 0 Å². The zero-order valence-electron chi connectivity index (χ0n) is 16.1. The van der Waals surface area contributed by atoms with Gasteiger partial charge in [0.25, 0.3) is 0 Å². The van der Waals surface area contributed by atoms with Crippen LogP contribution in [0.25, 0.3) is 11.1 Å². The van der Waals surface area contributed by atoms with Crippen LogP contribution in [-0.2, 0) is 13.0 Å². The van der Waals surface area contributed by atoms with E-state index in [9.17, 15) is 13.2 Å². The van der Waals surface area contributed by atoms with Gasteiger partial charge in [0.1, 0.15) is 23.9 Å².